The molecular weight excluding hydrogens is 330 g/mol. The monoisotopic (exact) mass is 348 g/mol. The summed E-state index contributed by atoms with van der Waals surface area (Å²) in [4.78, 5) is 15.1. The van der Waals surface area contributed by atoms with E-state index in [0.29, 0.717) is 22.2 Å². The molecule has 3 rings (SSSR count). The fourth-order valence-corrected chi connectivity index (χ4v) is 3.29. The number of halogens is 2. The first-order valence-electron chi connectivity index (χ1n) is 7.84. The van der Waals surface area contributed by atoms with Crippen LogP contribution in [0, 0.1) is 0 Å². The lowest BCUT2D eigenvalue weighted by Crippen LogP contribution is -2.21. The predicted molar refractivity (Wildman–Crippen MR) is 94.1 cm³/mol. The highest BCUT2D eigenvalue weighted by molar-refractivity contribution is 7.99. The number of carbonyl (C=O) groups excluding carboxylic acids is 1. The zero-order valence-electron chi connectivity index (χ0n) is 13.0. The summed E-state index contributed by atoms with van der Waals surface area (Å²) in [6.07, 6.45) is 2.32. The summed E-state index contributed by atoms with van der Waals surface area (Å²) in [5.74, 6) is -2.70. The number of alkyl halides is 2. The van der Waals surface area contributed by atoms with Crippen molar-refractivity contribution in [3.8, 4) is 0 Å². The highest BCUT2D eigenvalue weighted by atomic mass is 32.2. The topological polar surface area (TPSA) is 32.3 Å². The normalized spacial score (nSPS) is 14.2. The van der Waals surface area contributed by atoms with E-state index >= 15 is 0 Å². The van der Waals surface area contributed by atoms with E-state index < -0.39 is 5.76 Å². The number of carbonyl (C=O) groups is 1. The third-order valence-electron chi connectivity index (χ3n) is 3.94. The van der Waals surface area contributed by atoms with E-state index in [1.165, 1.54) is 12.1 Å². The fourth-order valence-electron chi connectivity index (χ4n) is 2.80. The fraction of sp³-hybridized carbons (Fsp3) is 0.278. The molecule has 0 bridgehead atoms. The molecular formula is C18H18F2N2OS. The van der Waals surface area contributed by atoms with Crippen LogP contribution in [0.3, 0.4) is 0 Å². The molecule has 1 N–H and O–H groups in total. The minimum Gasteiger partial charge on any atom is -0.370 e. The number of benzene rings is 2. The van der Waals surface area contributed by atoms with E-state index in [1.54, 1.807) is 12.1 Å². The van der Waals surface area contributed by atoms with Crippen molar-refractivity contribution in [2.45, 2.75) is 23.5 Å². The summed E-state index contributed by atoms with van der Waals surface area (Å²) in [6, 6.07) is 13.9. The Bertz CT molecular complexity index is 700. The van der Waals surface area contributed by atoms with Crippen molar-refractivity contribution in [3.05, 3.63) is 54.1 Å². The Kier molecular flexibility index (Phi) is 5.35. The minimum absolute atomic E-state index is 0.241. The Hall–Kier alpha value is -2.08. The number of rotatable bonds is 5. The van der Waals surface area contributed by atoms with Crippen molar-refractivity contribution in [2.24, 2.45) is 0 Å². The summed E-state index contributed by atoms with van der Waals surface area (Å²) in [5, 5.41) is 2.93. The van der Waals surface area contributed by atoms with Crippen LogP contribution in [0.1, 0.15) is 23.2 Å². The Balaban J connectivity index is 1.73. The second-order valence-electron chi connectivity index (χ2n) is 5.57. The van der Waals surface area contributed by atoms with E-state index in [-0.39, 0.29) is 5.91 Å². The standard InChI is InChI=1S/C18H18F2N2OS/c19-18(20)24-14-9-7-13(8-10-14)17(23)21-15-5-1-2-6-16(15)22-11-3-4-12-22/h1-2,5-10,18H,3-4,11-12H2,(H,21,23). The quantitative estimate of drug-likeness (QED) is 0.784. The highest BCUT2D eigenvalue weighted by Crippen LogP contribution is 2.29. The Morgan fingerprint density at radius 3 is 2.38 bits per heavy atom. The molecule has 1 heterocycles. The number of hydrogen-bond donors (Lipinski definition) is 1. The maximum atomic E-state index is 12.4. The molecule has 0 atom stereocenters. The van der Waals surface area contributed by atoms with Gasteiger partial charge in [0.1, 0.15) is 0 Å². The van der Waals surface area contributed by atoms with Crippen LogP contribution in [0.2, 0.25) is 0 Å². The number of hydrogen-bond acceptors (Lipinski definition) is 3. The van der Waals surface area contributed by atoms with Gasteiger partial charge in [-0.3, -0.25) is 4.79 Å². The van der Waals surface area contributed by atoms with Crippen LogP contribution in [0.25, 0.3) is 0 Å². The number of anilines is 2. The van der Waals surface area contributed by atoms with E-state index in [1.807, 2.05) is 24.3 Å². The van der Waals surface area contributed by atoms with Crippen molar-refractivity contribution in [1.29, 1.82) is 0 Å². The molecule has 126 valence electrons. The summed E-state index contributed by atoms with van der Waals surface area (Å²) in [7, 11) is 0. The van der Waals surface area contributed by atoms with E-state index in [9.17, 15) is 13.6 Å². The van der Waals surface area contributed by atoms with Gasteiger partial charge in [0.15, 0.2) is 0 Å². The van der Waals surface area contributed by atoms with Crippen LogP contribution < -0.4 is 10.2 Å². The molecule has 0 radical (unpaired) electrons. The largest absolute Gasteiger partial charge is 0.370 e. The van der Waals surface area contributed by atoms with Crippen LogP contribution >= 0.6 is 11.8 Å². The lowest BCUT2D eigenvalue weighted by atomic mass is 10.2. The van der Waals surface area contributed by atoms with Gasteiger partial charge >= 0.3 is 0 Å². The average molecular weight is 348 g/mol. The smallest absolute Gasteiger partial charge is 0.288 e. The molecule has 24 heavy (non-hydrogen) atoms. The molecule has 3 nitrogen and oxygen atoms in total. The molecule has 0 aromatic heterocycles. The molecule has 0 spiro atoms. The third kappa shape index (κ3) is 4.06. The number of amides is 1. The Morgan fingerprint density at radius 2 is 1.71 bits per heavy atom. The average Bonchev–Trinajstić information content (AvgIpc) is 3.10. The molecule has 1 aliphatic rings. The Labute approximate surface area is 144 Å². The van der Waals surface area contributed by atoms with Crippen molar-refractivity contribution >= 4 is 29.0 Å². The van der Waals surface area contributed by atoms with Gasteiger partial charge in [-0.15, -0.1) is 0 Å². The summed E-state index contributed by atoms with van der Waals surface area (Å²) in [6.45, 7) is 1.98. The number of para-hydroxylation sites is 2. The van der Waals surface area contributed by atoms with Gasteiger partial charge in [-0.05, 0) is 49.2 Å². The number of thioether (sulfide) groups is 1. The first-order chi connectivity index (χ1) is 11.6. The van der Waals surface area contributed by atoms with Crippen molar-refractivity contribution in [3.63, 3.8) is 0 Å². The van der Waals surface area contributed by atoms with Gasteiger partial charge in [0, 0.05) is 23.5 Å². The van der Waals surface area contributed by atoms with E-state index in [0.717, 1.165) is 37.3 Å². The Morgan fingerprint density at radius 1 is 1.04 bits per heavy atom. The number of nitrogens with one attached hydrogen (secondary N) is 1. The zero-order valence-corrected chi connectivity index (χ0v) is 13.9. The molecule has 1 fully saturated rings. The van der Waals surface area contributed by atoms with Gasteiger partial charge in [-0.25, -0.2) is 0 Å². The molecule has 0 unspecified atom stereocenters. The summed E-state index contributed by atoms with van der Waals surface area (Å²) >= 11 is 0.470. The van der Waals surface area contributed by atoms with Gasteiger partial charge in [-0.1, -0.05) is 23.9 Å². The second-order valence-corrected chi connectivity index (χ2v) is 6.63. The van der Waals surface area contributed by atoms with Crippen molar-refractivity contribution in [2.75, 3.05) is 23.3 Å². The molecule has 1 amide bonds. The SMILES string of the molecule is O=C(Nc1ccccc1N1CCCC1)c1ccc(SC(F)F)cc1. The first-order valence-corrected chi connectivity index (χ1v) is 8.71. The third-order valence-corrected chi connectivity index (χ3v) is 4.66. The van der Waals surface area contributed by atoms with Crippen molar-refractivity contribution in [1.82, 2.24) is 0 Å². The predicted octanol–water partition coefficient (Wildman–Crippen LogP) is 4.85. The lowest BCUT2D eigenvalue weighted by molar-refractivity contribution is 0.102. The van der Waals surface area contributed by atoms with Crippen LogP contribution in [0.4, 0.5) is 20.2 Å². The highest BCUT2D eigenvalue weighted by Gasteiger charge is 2.17. The van der Waals surface area contributed by atoms with E-state index in [4.69, 9.17) is 0 Å². The second kappa shape index (κ2) is 7.66. The minimum atomic E-state index is -2.46. The van der Waals surface area contributed by atoms with Crippen LogP contribution in [0.15, 0.2) is 53.4 Å². The van der Waals surface area contributed by atoms with Crippen molar-refractivity contribution < 1.29 is 13.6 Å². The van der Waals surface area contributed by atoms with E-state index in [2.05, 4.69) is 10.2 Å². The molecule has 0 saturated carbocycles. The molecule has 2 aromatic carbocycles. The van der Waals surface area contributed by atoms with Crippen LogP contribution in [-0.2, 0) is 0 Å². The van der Waals surface area contributed by atoms with Gasteiger partial charge in [0.05, 0.1) is 11.4 Å². The maximum absolute atomic E-state index is 12.4. The number of nitrogens with zero attached hydrogens (tertiary/aromatic N) is 1. The van der Waals surface area contributed by atoms with Gasteiger partial charge in [0.25, 0.3) is 11.7 Å². The summed E-state index contributed by atoms with van der Waals surface area (Å²) < 4.78 is 24.7. The zero-order chi connectivity index (χ0) is 16.9. The molecule has 2 aromatic rings. The summed E-state index contributed by atoms with van der Waals surface area (Å²) in [5.41, 5.74) is 2.24. The molecule has 0 aliphatic carbocycles. The first kappa shape index (κ1) is 16.8. The van der Waals surface area contributed by atoms with Gasteiger partial charge < -0.3 is 10.2 Å². The van der Waals surface area contributed by atoms with Gasteiger partial charge in [-0.2, -0.15) is 8.78 Å². The lowest BCUT2D eigenvalue weighted by Gasteiger charge is -2.21. The van der Waals surface area contributed by atoms with Crippen LogP contribution in [-0.4, -0.2) is 24.8 Å². The molecule has 1 aliphatic heterocycles. The maximum Gasteiger partial charge on any atom is 0.288 e. The van der Waals surface area contributed by atoms with Crippen LogP contribution in [0.5, 0.6) is 0 Å². The molecule has 6 heteroatoms. The molecule has 1 saturated heterocycles. The van der Waals surface area contributed by atoms with Gasteiger partial charge in [0.2, 0.25) is 0 Å².